The Kier molecular flexibility index (Phi) is 6.81. The van der Waals surface area contributed by atoms with Gasteiger partial charge in [-0.15, -0.1) is 10.2 Å². The van der Waals surface area contributed by atoms with Crippen molar-refractivity contribution in [2.75, 3.05) is 19.8 Å². The van der Waals surface area contributed by atoms with Crippen molar-refractivity contribution in [1.82, 2.24) is 30.0 Å². The summed E-state index contributed by atoms with van der Waals surface area (Å²) < 4.78 is 17.9. The lowest BCUT2D eigenvalue weighted by molar-refractivity contribution is 0.0469. The normalized spacial score (nSPS) is 10.8. The molecule has 180 valence electrons. The van der Waals surface area contributed by atoms with Gasteiger partial charge in [-0.2, -0.15) is 0 Å². The predicted octanol–water partition coefficient (Wildman–Crippen LogP) is 2.53. The van der Waals surface area contributed by atoms with Crippen molar-refractivity contribution < 1.29 is 28.6 Å². The molecular weight excluding hydrogens is 456 g/mol. The molecule has 0 aliphatic heterocycles. The highest BCUT2D eigenvalue weighted by Crippen LogP contribution is 2.29. The molecule has 0 saturated carbocycles. The molecule has 0 unspecified atom stereocenters. The second kappa shape index (κ2) is 10.1. The summed E-state index contributed by atoms with van der Waals surface area (Å²) in [5.74, 6) is -2.17. The maximum atomic E-state index is 12.9. The Morgan fingerprint density at radius 2 is 1.40 bits per heavy atom. The summed E-state index contributed by atoms with van der Waals surface area (Å²) in [6.07, 6.45) is 1.45. The minimum Gasteiger partial charge on any atom is -0.461 e. The van der Waals surface area contributed by atoms with Crippen molar-refractivity contribution in [1.29, 1.82) is 0 Å². The summed E-state index contributed by atoms with van der Waals surface area (Å²) in [5, 5.41) is 17.4. The van der Waals surface area contributed by atoms with Gasteiger partial charge in [-0.3, -0.25) is 0 Å². The van der Waals surface area contributed by atoms with Crippen LogP contribution in [0.4, 0.5) is 0 Å². The number of carbonyl (C=O) groups is 3. The predicted molar refractivity (Wildman–Crippen MR) is 122 cm³/mol. The van der Waals surface area contributed by atoms with Crippen LogP contribution in [-0.2, 0) is 14.2 Å². The first kappa shape index (κ1) is 23.5. The van der Waals surface area contributed by atoms with E-state index < -0.39 is 17.9 Å². The molecule has 0 fully saturated rings. The molecule has 4 aromatic rings. The summed E-state index contributed by atoms with van der Waals surface area (Å²) in [7, 11) is 0. The van der Waals surface area contributed by atoms with Gasteiger partial charge in [0.1, 0.15) is 0 Å². The molecule has 2 heterocycles. The van der Waals surface area contributed by atoms with E-state index in [-0.39, 0.29) is 36.9 Å². The zero-order chi connectivity index (χ0) is 24.9. The van der Waals surface area contributed by atoms with E-state index in [0.717, 1.165) is 5.39 Å². The first-order valence-electron chi connectivity index (χ1n) is 10.9. The third-order valence-corrected chi connectivity index (χ3v) is 4.92. The molecule has 2 aromatic heterocycles. The van der Waals surface area contributed by atoms with Crippen LogP contribution in [0.5, 0.6) is 0 Å². The summed E-state index contributed by atoms with van der Waals surface area (Å²) in [4.78, 5) is 37.4. The molecule has 0 aliphatic carbocycles. The standard InChI is InChI=1S/C23H22N6O6/c1-4-33-21(30)15-13-28(26-24-15)16-11-7-9-14-10-8-12-17(18(14)16)29-20(23(32)35-6-3)19(25-27-29)22(31)34-5-2/h7-13H,4-6H2,1-3H3. The van der Waals surface area contributed by atoms with E-state index in [1.165, 1.54) is 15.6 Å². The number of benzene rings is 2. The van der Waals surface area contributed by atoms with Crippen LogP contribution in [0.1, 0.15) is 52.2 Å². The summed E-state index contributed by atoms with van der Waals surface area (Å²) in [6.45, 7) is 5.38. The zero-order valence-electron chi connectivity index (χ0n) is 19.3. The number of ether oxygens (including phenoxy) is 3. The third-order valence-electron chi connectivity index (χ3n) is 4.92. The van der Waals surface area contributed by atoms with E-state index in [1.807, 2.05) is 18.2 Å². The van der Waals surface area contributed by atoms with Gasteiger partial charge in [-0.05, 0) is 38.3 Å². The number of fused-ring (bicyclic) bond motifs is 1. The van der Waals surface area contributed by atoms with Crippen molar-refractivity contribution in [3.05, 3.63) is 59.7 Å². The highest BCUT2D eigenvalue weighted by atomic mass is 16.5. The minimum absolute atomic E-state index is 0.0406. The molecule has 0 saturated heterocycles. The van der Waals surface area contributed by atoms with Crippen LogP contribution >= 0.6 is 0 Å². The van der Waals surface area contributed by atoms with Crippen LogP contribution in [0.15, 0.2) is 42.6 Å². The van der Waals surface area contributed by atoms with E-state index in [4.69, 9.17) is 14.2 Å². The van der Waals surface area contributed by atoms with Gasteiger partial charge in [0.15, 0.2) is 11.4 Å². The van der Waals surface area contributed by atoms with Crippen LogP contribution in [0.3, 0.4) is 0 Å². The van der Waals surface area contributed by atoms with Crippen LogP contribution in [0.25, 0.3) is 22.1 Å². The molecule has 0 bridgehead atoms. The number of rotatable bonds is 8. The lowest BCUT2D eigenvalue weighted by Gasteiger charge is -2.13. The Labute approximate surface area is 199 Å². The minimum atomic E-state index is -0.794. The van der Waals surface area contributed by atoms with Crippen LogP contribution in [0, 0.1) is 0 Å². The number of hydrogen-bond acceptors (Lipinski definition) is 10. The number of aromatic nitrogens is 6. The Bertz CT molecular complexity index is 1400. The zero-order valence-corrected chi connectivity index (χ0v) is 19.3. The Hall–Kier alpha value is -4.61. The Balaban J connectivity index is 1.93. The molecule has 0 amide bonds. The van der Waals surface area contributed by atoms with Gasteiger partial charge in [0.2, 0.25) is 5.69 Å². The average Bonchev–Trinajstić information content (AvgIpc) is 3.52. The lowest BCUT2D eigenvalue weighted by Crippen LogP contribution is -2.17. The lowest BCUT2D eigenvalue weighted by atomic mass is 10.1. The first-order chi connectivity index (χ1) is 17.0. The maximum absolute atomic E-state index is 12.9. The monoisotopic (exact) mass is 478 g/mol. The molecule has 0 spiro atoms. The molecule has 2 aromatic carbocycles. The summed E-state index contributed by atoms with van der Waals surface area (Å²) in [5.41, 5.74) is 0.587. The van der Waals surface area contributed by atoms with Crippen LogP contribution in [-0.4, -0.2) is 67.7 Å². The van der Waals surface area contributed by atoms with E-state index in [1.54, 1.807) is 39.0 Å². The number of esters is 3. The van der Waals surface area contributed by atoms with E-state index in [2.05, 4.69) is 20.6 Å². The van der Waals surface area contributed by atoms with E-state index >= 15 is 0 Å². The maximum Gasteiger partial charge on any atom is 0.361 e. The average molecular weight is 478 g/mol. The molecule has 0 atom stereocenters. The fourth-order valence-corrected chi connectivity index (χ4v) is 3.52. The molecule has 0 aliphatic rings. The fraction of sp³-hybridized carbons (Fsp3) is 0.261. The first-order valence-corrected chi connectivity index (χ1v) is 10.9. The van der Waals surface area contributed by atoms with Crippen LogP contribution < -0.4 is 0 Å². The van der Waals surface area contributed by atoms with Crippen LogP contribution in [0.2, 0.25) is 0 Å². The van der Waals surface area contributed by atoms with Gasteiger partial charge in [0.25, 0.3) is 0 Å². The highest BCUT2D eigenvalue weighted by molar-refractivity contribution is 6.03. The number of carbonyl (C=O) groups excluding carboxylic acids is 3. The summed E-state index contributed by atoms with van der Waals surface area (Å²) in [6, 6.07) is 10.8. The SMILES string of the molecule is CCOC(=O)c1cn(-c2cccc3cccc(-n4nnc(C(=O)OCC)c4C(=O)OCC)c23)nn1. The topological polar surface area (TPSA) is 140 Å². The highest BCUT2D eigenvalue weighted by Gasteiger charge is 2.29. The quantitative estimate of drug-likeness (QED) is 0.274. The third kappa shape index (κ3) is 4.45. The van der Waals surface area contributed by atoms with Crippen molar-refractivity contribution >= 4 is 28.7 Å². The van der Waals surface area contributed by atoms with Gasteiger partial charge >= 0.3 is 17.9 Å². The molecule has 12 nitrogen and oxygen atoms in total. The fourth-order valence-electron chi connectivity index (χ4n) is 3.52. The van der Waals surface area contributed by atoms with E-state index in [0.29, 0.717) is 16.8 Å². The van der Waals surface area contributed by atoms with Gasteiger partial charge in [-0.1, -0.05) is 34.7 Å². The number of nitrogens with zero attached hydrogens (tertiary/aromatic N) is 6. The Morgan fingerprint density at radius 1 is 0.771 bits per heavy atom. The molecular formula is C23H22N6O6. The smallest absolute Gasteiger partial charge is 0.361 e. The van der Waals surface area contributed by atoms with Gasteiger partial charge in [0.05, 0.1) is 37.4 Å². The Morgan fingerprint density at radius 3 is 2.09 bits per heavy atom. The second-order valence-corrected chi connectivity index (χ2v) is 7.06. The van der Waals surface area contributed by atoms with Crippen molar-refractivity contribution in [2.45, 2.75) is 20.8 Å². The van der Waals surface area contributed by atoms with Crippen molar-refractivity contribution in [3.63, 3.8) is 0 Å². The van der Waals surface area contributed by atoms with Gasteiger partial charge in [-0.25, -0.2) is 23.7 Å². The van der Waals surface area contributed by atoms with Crippen molar-refractivity contribution in [2.24, 2.45) is 0 Å². The molecule has 0 N–H and O–H groups in total. The second-order valence-electron chi connectivity index (χ2n) is 7.06. The number of hydrogen-bond donors (Lipinski definition) is 0. The largest absolute Gasteiger partial charge is 0.461 e. The van der Waals surface area contributed by atoms with Crippen molar-refractivity contribution in [3.8, 4) is 11.4 Å². The van der Waals surface area contributed by atoms with Gasteiger partial charge in [0, 0.05) is 5.39 Å². The molecule has 4 rings (SSSR count). The molecule has 35 heavy (non-hydrogen) atoms. The molecule has 12 heteroatoms. The molecule has 0 radical (unpaired) electrons. The van der Waals surface area contributed by atoms with Gasteiger partial charge < -0.3 is 14.2 Å². The van der Waals surface area contributed by atoms with E-state index in [9.17, 15) is 14.4 Å². The summed E-state index contributed by atoms with van der Waals surface area (Å²) >= 11 is 0.